The second-order valence-corrected chi connectivity index (χ2v) is 8.23. The molecule has 1 aliphatic carbocycles. The van der Waals surface area contributed by atoms with Crippen molar-refractivity contribution in [1.82, 2.24) is 10.2 Å². The Balaban J connectivity index is 1.12. The van der Waals surface area contributed by atoms with Crippen LogP contribution in [0.1, 0.15) is 56.4 Å². The molecule has 1 saturated carbocycles. The number of carbonyl (C=O) groups excluding carboxylic acids is 1. The summed E-state index contributed by atoms with van der Waals surface area (Å²) in [6.07, 6.45) is 8.05. The summed E-state index contributed by atoms with van der Waals surface area (Å²) < 4.78 is 11.8. The van der Waals surface area contributed by atoms with Gasteiger partial charge in [-0.1, -0.05) is 30.3 Å². The predicted octanol–water partition coefficient (Wildman–Crippen LogP) is 3.69. The molecule has 2 saturated heterocycles. The van der Waals surface area contributed by atoms with Crippen LogP contribution in [0.2, 0.25) is 0 Å². The minimum Gasteiger partial charge on any atom is -0.376 e. The van der Waals surface area contributed by atoms with Gasteiger partial charge in [-0.25, -0.2) is 4.79 Å². The van der Waals surface area contributed by atoms with Gasteiger partial charge in [-0.3, -0.25) is 0 Å². The molecule has 1 N–H and O–H groups in total. The van der Waals surface area contributed by atoms with Crippen LogP contribution in [-0.2, 0) is 9.47 Å². The van der Waals surface area contributed by atoms with Crippen LogP contribution in [0.3, 0.4) is 0 Å². The molecule has 1 atom stereocenters. The van der Waals surface area contributed by atoms with E-state index in [2.05, 4.69) is 35.6 Å². The lowest BCUT2D eigenvalue weighted by atomic mass is 9.76. The van der Waals surface area contributed by atoms with Crippen molar-refractivity contribution in [2.75, 3.05) is 26.3 Å². The van der Waals surface area contributed by atoms with Gasteiger partial charge in [0.15, 0.2) is 0 Å². The van der Waals surface area contributed by atoms with E-state index in [9.17, 15) is 4.79 Å². The average Bonchev–Trinajstić information content (AvgIpc) is 2.70. The molecule has 3 fully saturated rings. The van der Waals surface area contributed by atoms with Gasteiger partial charge in [-0.15, -0.1) is 0 Å². The SMILES string of the molecule is O=C(NC1CC(c2ccccc2)C1)N1CCC(OCC2CCCCO2)CC1. The Morgan fingerprint density at radius 3 is 2.59 bits per heavy atom. The van der Waals surface area contributed by atoms with E-state index in [0.717, 1.165) is 51.8 Å². The lowest BCUT2D eigenvalue weighted by molar-refractivity contribution is -0.0728. The number of likely N-dealkylation sites (tertiary alicyclic amines) is 1. The van der Waals surface area contributed by atoms with E-state index in [1.165, 1.54) is 18.4 Å². The zero-order valence-corrected chi connectivity index (χ0v) is 16.1. The fourth-order valence-corrected chi connectivity index (χ4v) is 4.41. The number of benzene rings is 1. The van der Waals surface area contributed by atoms with Crippen LogP contribution >= 0.6 is 0 Å². The first-order chi connectivity index (χ1) is 13.3. The lowest BCUT2D eigenvalue weighted by Crippen LogP contribution is -2.52. The van der Waals surface area contributed by atoms with Crippen LogP contribution in [0.4, 0.5) is 4.79 Å². The number of amides is 2. The molecule has 2 aliphatic heterocycles. The van der Waals surface area contributed by atoms with Gasteiger partial charge in [0.1, 0.15) is 0 Å². The Kier molecular flexibility index (Phi) is 6.30. The normalized spacial score (nSPS) is 29.2. The quantitative estimate of drug-likeness (QED) is 0.858. The molecule has 27 heavy (non-hydrogen) atoms. The molecule has 3 aliphatic rings. The van der Waals surface area contributed by atoms with E-state index in [0.29, 0.717) is 18.6 Å². The first-order valence-corrected chi connectivity index (χ1v) is 10.6. The van der Waals surface area contributed by atoms with Gasteiger partial charge in [0, 0.05) is 25.7 Å². The van der Waals surface area contributed by atoms with E-state index in [-0.39, 0.29) is 18.2 Å². The van der Waals surface area contributed by atoms with Crippen molar-refractivity contribution in [3.05, 3.63) is 35.9 Å². The average molecular weight is 373 g/mol. The summed E-state index contributed by atoms with van der Waals surface area (Å²) >= 11 is 0. The van der Waals surface area contributed by atoms with Crippen molar-refractivity contribution in [3.63, 3.8) is 0 Å². The first kappa shape index (κ1) is 18.8. The largest absolute Gasteiger partial charge is 0.376 e. The standard InChI is InChI=1S/C22H32N2O3/c25-22(23-19-14-18(15-19)17-6-2-1-3-7-17)24-11-9-20(10-12-24)27-16-21-8-4-5-13-26-21/h1-3,6-7,18-21H,4-5,8-16H2,(H,23,25). The number of urea groups is 1. The van der Waals surface area contributed by atoms with Crippen molar-refractivity contribution in [2.24, 2.45) is 0 Å². The number of nitrogens with one attached hydrogen (secondary N) is 1. The maximum absolute atomic E-state index is 12.5. The molecule has 0 aromatic heterocycles. The Bertz CT molecular complexity index is 589. The molecule has 0 bridgehead atoms. The van der Waals surface area contributed by atoms with Gasteiger partial charge in [-0.05, 0) is 56.4 Å². The van der Waals surface area contributed by atoms with E-state index in [1.807, 2.05) is 4.90 Å². The third-order valence-electron chi connectivity index (χ3n) is 6.26. The minimum atomic E-state index is 0.0978. The second kappa shape index (κ2) is 9.07. The monoisotopic (exact) mass is 372 g/mol. The van der Waals surface area contributed by atoms with Crippen LogP contribution < -0.4 is 5.32 Å². The zero-order chi connectivity index (χ0) is 18.5. The van der Waals surface area contributed by atoms with Crippen molar-refractivity contribution in [3.8, 4) is 0 Å². The second-order valence-electron chi connectivity index (χ2n) is 8.23. The molecule has 1 aromatic carbocycles. The molecule has 5 heteroatoms. The van der Waals surface area contributed by atoms with Gasteiger partial charge < -0.3 is 19.7 Å². The van der Waals surface area contributed by atoms with E-state index in [1.54, 1.807) is 0 Å². The summed E-state index contributed by atoms with van der Waals surface area (Å²) in [7, 11) is 0. The van der Waals surface area contributed by atoms with Crippen molar-refractivity contribution >= 4 is 6.03 Å². The number of carbonyl (C=O) groups is 1. The van der Waals surface area contributed by atoms with Crippen molar-refractivity contribution < 1.29 is 14.3 Å². The molecule has 1 aromatic rings. The molecule has 2 heterocycles. The molecular weight excluding hydrogens is 340 g/mol. The minimum absolute atomic E-state index is 0.0978. The number of piperidine rings is 1. The van der Waals surface area contributed by atoms with Crippen LogP contribution in [-0.4, -0.2) is 55.5 Å². The van der Waals surface area contributed by atoms with Crippen LogP contribution in [0, 0.1) is 0 Å². The van der Waals surface area contributed by atoms with E-state index < -0.39 is 0 Å². The number of hydrogen-bond donors (Lipinski definition) is 1. The highest BCUT2D eigenvalue weighted by atomic mass is 16.5. The van der Waals surface area contributed by atoms with Gasteiger partial charge in [0.2, 0.25) is 0 Å². The Morgan fingerprint density at radius 2 is 1.89 bits per heavy atom. The fourth-order valence-electron chi connectivity index (χ4n) is 4.41. The summed E-state index contributed by atoms with van der Waals surface area (Å²) in [4.78, 5) is 14.5. The Morgan fingerprint density at radius 1 is 1.11 bits per heavy atom. The molecule has 0 radical (unpaired) electrons. The summed E-state index contributed by atoms with van der Waals surface area (Å²) in [5.41, 5.74) is 1.39. The Labute approximate surface area is 162 Å². The van der Waals surface area contributed by atoms with Crippen LogP contribution in [0.5, 0.6) is 0 Å². The highest BCUT2D eigenvalue weighted by Gasteiger charge is 2.33. The summed E-state index contributed by atoms with van der Waals surface area (Å²) in [6.45, 7) is 3.16. The molecular formula is C22H32N2O3. The third-order valence-corrected chi connectivity index (χ3v) is 6.26. The number of ether oxygens (including phenoxy) is 2. The van der Waals surface area contributed by atoms with Gasteiger partial charge >= 0.3 is 6.03 Å². The van der Waals surface area contributed by atoms with E-state index >= 15 is 0 Å². The lowest BCUT2D eigenvalue weighted by Gasteiger charge is -2.39. The third kappa shape index (κ3) is 5.02. The maximum atomic E-state index is 12.5. The smallest absolute Gasteiger partial charge is 0.317 e. The highest BCUT2D eigenvalue weighted by Crippen LogP contribution is 2.36. The summed E-state index contributed by atoms with van der Waals surface area (Å²) in [6, 6.07) is 11.0. The first-order valence-electron chi connectivity index (χ1n) is 10.6. The maximum Gasteiger partial charge on any atom is 0.317 e. The van der Waals surface area contributed by atoms with Crippen molar-refractivity contribution in [1.29, 1.82) is 0 Å². The molecule has 148 valence electrons. The predicted molar refractivity (Wildman–Crippen MR) is 105 cm³/mol. The molecule has 5 nitrogen and oxygen atoms in total. The highest BCUT2D eigenvalue weighted by molar-refractivity contribution is 5.74. The van der Waals surface area contributed by atoms with Gasteiger partial charge in [-0.2, -0.15) is 0 Å². The van der Waals surface area contributed by atoms with Crippen LogP contribution in [0.25, 0.3) is 0 Å². The fraction of sp³-hybridized carbons (Fsp3) is 0.682. The number of hydrogen-bond acceptors (Lipinski definition) is 3. The van der Waals surface area contributed by atoms with Crippen LogP contribution in [0.15, 0.2) is 30.3 Å². The molecule has 2 amide bonds. The van der Waals surface area contributed by atoms with Crippen molar-refractivity contribution in [2.45, 2.75) is 69.1 Å². The molecule has 0 spiro atoms. The molecule has 4 rings (SSSR count). The molecule has 1 unspecified atom stereocenters. The number of rotatable bonds is 5. The number of nitrogens with zero attached hydrogens (tertiary/aromatic N) is 1. The summed E-state index contributed by atoms with van der Waals surface area (Å²) in [5.74, 6) is 0.595. The zero-order valence-electron chi connectivity index (χ0n) is 16.1. The Hall–Kier alpha value is -1.59. The van der Waals surface area contributed by atoms with Gasteiger partial charge in [0.25, 0.3) is 0 Å². The summed E-state index contributed by atoms with van der Waals surface area (Å²) in [5, 5.41) is 3.21. The topological polar surface area (TPSA) is 50.8 Å². The van der Waals surface area contributed by atoms with Gasteiger partial charge in [0.05, 0.1) is 18.8 Å². The van der Waals surface area contributed by atoms with E-state index in [4.69, 9.17) is 9.47 Å².